The molecule has 2 rings (SSSR count). The number of methoxy groups -OCH3 is 1. The van der Waals surface area contributed by atoms with Crippen LogP contribution in [0.15, 0.2) is 12.1 Å². The zero-order chi connectivity index (χ0) is 13.8. The summed E-state index contributed by atoms with van der Waals surface area (Å²) in [4.78, 5) is 11.7. The molecule has 1 aromatic rings. The number of carbonyl (C=O) groups excluding carboxylic acids is 1. The van der Waals surface area contributed by atoms with Crippen molar-refractivity contribution >= 4 is 17.3 Å². The van der Waals surface area contributed by atoms with Gasteiger partial charge in [0.05, 0.1) is 12.7 Å². The molecule has 0 radical (unpaired) electrons. The fourth-order valence-corrected chi connectivity index (χ4v) is 2.64. The van der Waals surface area contributed by atoms with E-state index < -0.39 is 0 Å². The highest BCUT2D eigenvalue weighted by Crippen LogP contribution is 2.26. The predicted molar refractivity (Wildman–Crippen MR) is 77.4 cm³/mol. The van der Waals surface area contributed by atoms with E-state index in [4.69, 9.17) is 10.5 Å². The van der Waals surface area contributed by atoms with Gasteiger partial charge in [0, 0.05) is 17.4 Å². The first kappa shape index (κ1) is 13.7. The number of ether oxygens (including phenoxy) is 1. The molecule has 0 atom stereocenters. The molecule has 1 aromatic carbocycles. The minimum Gasteiger partial charge on any atom is -0.465 e. The van der Waals surface area contributed by atoms with Crippen LogP contribution in [0.2, 0.25) is 0 Å². The van der Waals surface area contributed by atoms with Crippen LogP contribution in [-0.2, 0) is 4.74 Å². The Hall–Kier alpha value is -1.71. The first-order valence-electron chi connectivity index (χ1n) is 6.87. The summed E-state index contributed by atoms with van der Waals surface area (Å²) in [6.07, 6.45) is 6.26. The molecule has 4 nitrogen and oxygen atoms in total. The van der Waals surface area contributed by atoms with Crippen LogP contribution in [0.25, 0.3) is 0 Å². The molecule has 0 aliphatic heterocycles. The van der Waals surface area contributed by atoms with Crippen LogP contribution in [0.5, 0.6) is 0 Å². The molecule has 0 unspecified atom stereocenters. The highest BCUT2D eigenvalue weighted by Gasteiger charge is 2.16. The van der Waals surface area contributed by atoms with Gasteiger partial charge in [-0.2, -0.15) is 0 Å². The summed E-state index contributed by atoms with van der Waals surface area (Å²) in [5.74, 6) is -0.382. The number of nitrogens with one attached hydrogen (secondary N) is 1. The molecular formula is C15H22N2O2. The molecule has 104 valence electrons. The maximum atomic E-state index is 11.7. The Balaban J connectivity index is 2.20. The number of nitrogen functional groups attached to an aromatic ring is 1. The Kier molecular flexibility index (Phi) is 4.30. The van der Waals surface area contributed by atoms with Crippen molar-refractivity contribution in [3.05, 3.63) is 23.3 Å². The highest BCUT2D eigenvalue weighted by molar-refractivity contribution is 5.97. The third-order valence-corrected chi connectivity index (χ3v) is 3.77. The molecule has 4 heteroatoms. The van der Waals surface area contributed by atoms with E-state index in [2.05, 4.69) is 5.32 Å². The van der Waals surface area contributed by atoms with Crippen molar-refractivity contribution in [1.82, 2.24) is 0 Å². The third kappa shape index (κ3) is 3.19. The standard InChI is InChI=1S/C15H22N2O2/c1-10-8-12(17-11-6-4-3-5-7-11)9-13(14(10)16)15(18)19-2/h8-9,11,17H,3-7,16H2,1-2H3. The van der Waals surface area contributed by atoms with E-state index >= 15 is 0 Å². The van der Waals surface area contributed by atoms with Gasteiger partial charge in [-0.25, -0.2) is 4.79 Å². The van der Waals surface area contributed by atoms with Crippen molar-refractivity contribution in [2.45, 2.75) is 45.1 Å². The smallest absolute Gasteiger partial charge is 0.340 e. The summed E-state index contributed by atoms with van der Waals surface area (Å²) in [6.45, 7) is 1.91. The summed E-state index contributed by atoms with van der Waals surface area (Å²) < 4.78 is 4.77. The average molecular weight is 262 g/mol. The Morgan fingerprint density at radius 2 is 2.00 bits per heavy atom. The van der Waals surface area contributed by atoms with Crippen LogP contribution in [0.4, 0.5) is 11.4 Å². The van der Waals surface area contributed by atoms with Gasteiger partial charge in [-0.15, -0.1) is 0 Å². The molecule has 1 fully saturated rings. The number of carbonyl (C=O) groups is 1. The zero-order valence-electron chi connectivity index (χ0n) is 11.7. The Morgan fingerprint density at radius 3 is 2.63 bits per heavy atom. The van der Waals surface area contributed by atoms with Gasteiger partial charge in [-0.05, 0) is 37.5 Å². The van der Waals surface area contributed by atoms with E-state index in [9.17, 15) is 4.79 Å². The van der Waals surface area contributed by atoms with Crippen molar-refractivity contribution in [2.75, 3.05) is 18.2 Å². The second kappa shape index (κ2) is 5.95. The van der Waals surface area contributed by atoms with Crippen molar-refractivity contribution in [2.24, 2.45) is 0 Å². The SMILES string of the molecule is COC(=O)c1cc(NC2CCCCC2)cc(C)c1N. The number of aryl methyl sites for hydroxylation is 1. The number of benzene rings is 1. The third-order valence-electron chi connectivity index (χ3n) is 3.77. The van der Waals surface area contributed by atoms with Crippen LogP contribution in [0.3, 0.4) is 0 Å². The van der Waals surface area contributed by atoms with Gasteiger partial charge < -0.3 is 15.8 Å². The maximum Gasteiger partial charge on any atom is 0.340 e. The van der Waals surface area contributed by atoms with E-state index in [1.54, 1.807) is 6.07 Å². The summed E-state index contributed by atoms with van der Waals surface area (Å²) in [5, 5.41) is 3.50. The quantitative estimate of drug-likeness (QED) is 0.649. The molecule has 1 aliphatic carbocycles. The normalized spacial score (nSPS) is 16.1. The van der Waals surface area contributed by atoms with E-state index in [1.165, 1.54) is 39.2 Å². The topological polar surface area (TPSA) is 64.3 Å². The molecule has 0 amide bonds. The first-order chi connectivity index (χ1) is 9.11. The molecule has 19 heavy (non-hydrogen) atoms. The molecule has 1 aliphatic rings. The first-order valence-corrected chi connectivity index (χ1v) is 6.87. The van der Waals surface area contributed by atoms with Crippen LogP contribution >= 0.6 is 0 Å². The number of esters is 1. The lowest BCUT2D eigenvalue weighted by molar-refractivity contribution is 0.0602. The summed E-state index contributed by atoms with van der Waals surface area (Å²) in [6, 6.07) is 4.29. The van der Waals surface area contributed by atoms with Crippen LogP contribution in [0, 0.1) is 6.92 Å². The average Bonchev–Trinajstić information content (AvgIpc) is 2.43. The lowest BCUT2D eigenvalue weighted by atomic mass is 9.95. The Morgan fingerprint density at radius 1 is 1.32 bits per heavy atom. The molecular weight excluding hydrogens is 240 g/mol. The number of hydrogen-bond acceptors (Lipinski definition) is 4. The van der Waals surface area contributed by atoms with Gasteiger partial charge in [0.15, 0.2) is 0 Å². The van der Waals surface area contributed by atoms with Gasteiger partial charge in [0.25, 0.3) is 0 Å². The number of nitrogens with two attached hydrogens (primary N) is 1. The van der Waals surface area contributed by atoms with E-state index in [0.717, 1.165) is 11.3 Å². The largest absolute Gasteiger partial charge is 0.465 e. The van der Waals surface area contributed by atoms with Crippen molar-refractivity contribution in [3.8, 4) is 0 Å². The second-order valence-corrected chi connectivity index (χ2v) is 5.23. The van der Waals surface area contributed by atoms with Crippen LogP contribution in [-0.4, -0.2) is 19.1 Å². The predicted octanol–water partition coefficient (Wildman–Crippen LogP) is 3.11. The Labute approximate surface area is 114 Å². The highest BCUT2D eigenvalue weighted by atomic mass is 16.5. The van der Waals surface area contributed by atoms with E-state index in [-0.39, 0.29) is 5.97 Å². The van der Waals surface area contributed by atoms with Gasteiger partial charge in [-0.3, -0.25) is 0 Å². The lowest BCUT2D eigenvalue weighted by Crippen LogP contribution is -2.22. The summed E-state index contributed by atoms with van der Waals surface area (Å²) >= 11 is 0. The lowest BCUT2D eigenvalue weighted by Gasteiger charge is -2.24. The fourth-order valence-electron chi connectivity index (χ4n) is 2.64. The monoisotopic (exact) mass is 262 g/mol. The Bertz CT molecular complexity index is 465. The molecule has 0 bridgehead atoms. The second-order valence-electron chi connectivity index (χ2n) is 5.23. The number of hydrogen-bond donors (Lipinski definition) is 2. The van der Waals surface area contributed by atoms with Crippen molar-refractivity contribution in [3.63, 3.8) is 0 Å². The minimum atomic E-state index is -0.382. The molecule has 0 aromatic heterocycles. The van der Waals surface area contributed by atoms with E-state index in [1.807, 2.05) is 13.0 Å². The van der Waals surface area contributed by atoms with Crippen LogP contribution < -0.4 is 11.1 Å². The summed E-state index contributed by atoms with van der Waals surface area (Å²) in [7, 11) is 1.37. The number of anilines is 2. The zero-order valence-corrected chi connectivity index (χ0v) is 11.7. The van der Waals surface area contributed by atoms with Crippen molar-refractivity contribution < 1.29 is 9.53 Å². The number of rotatable bonds is 3. The van der Waals surface area contributed by atoms with Gasteiger partial charge in [0.1, 0.15) is 0 Å². The maximum absolute atomic E-state index is 11.7. The minimum absolute atomic E-state index is 0.382. The van der Waals surface area contributed by atoms with Crippen molar-refractivity contribution in [1.29, 1.82) is 0 Å². The van der Waals surface area contributed by atoms with E-state index in [0.29, 0.717) is 17.3 Å². The van der Waals surface area contributed by atoms with Gasteiger partial charge in [-0.1, -0.05) is 19.3 Å². The summed E-state index contributed by atoms with van der Waals surface area (Å²) in [5.41, 5.74) is 8.74. The van der Waals surface area contributed by atoms with Gasteiger partial charge in [0.2, 0.25) is 0 Å². The molecule has 0 spiro atoms. The van der Waals surface area contributed by atoms with Crippen LogP contribution in [0.1, 0.15) is 48.0 Å². The fraction of sp³-hybridized carbons (Fsp3) is 0.533. The molecule has 0 saturated heterocycles. The molecule has 0 heterocycles. The molecule has 1 saturated carbocycles. The van der Waals surface area contributed by atoms with Gasteiger partial charge >= 0.3 is 5.97 Å². The molecule has 3 N–H and O–H groups in total.